The van der Waals surface area contributed by atoms with Gasteiger partial charge in [0.2, 0.25) is 5.89 Å². The van der Waals surface area contributed by atoms with Crippen LogP contribution in [0.2, 0.25) is 0 Å². The van der Waals surface area contributed by atoms with Crippen molar-refractivity contribution in [3.63, 3.8) is 0 Å². The summed E-state index contributed by atoms with van der Waals surface area (Å²) in [5, 5.41) is 10.6. The van der Waals surface area contributed by atoms with Crippen molar-refractivity contribution in [2.45, 2.75) is 38.8 Å². The average molecular weight is 432 g/mol. The average Bonchev–Trinajstić information content (AvgIpc) is 3.29. The van der Waals surface area contributed by atoms with Crippen LogP contribution in [0.4, 0.5) is 0 Å². The van der Waals surface area contributed by atoms with E-state index in [1.807, 2.05) is 32.9 Å². The minimum absolute atomic E-state index is 0.00339. The van der Waals surface area contributed by atoms with Crippen molar-refractivity contribution in [1.82, 2.24) is 15.2 Å². The molecule has 0 fully saturated rings. The number of thiazole rings is 1. The van der Waals surface area contributed by atoms with Gasteiger partial charge in [0.1, 0.15) is 5.01 Å². The number of thioether (sulfide) groups is 1. The molecule has 3 aromatic rings. The lowest BCUT2D eigenvalue weighted by Crippen LogP contribution is -2.25. The molecule has 0 amide bonds. The minimum Gasteiger partial charge on any atom is -0.465 e. The number of esters is 1. The maximum absolute atomic E-state index is 12.8. The predicted molar refractivity (Wildman–Crippen MR) is 111 cm³/mol. The molecule has 0 saturated heterocycles. The van der Waals surface area contributed by atoms with E-state index >= 15 is 0 Å². The van der Waals surface area contributed by atoms with Gasteiger partial charge in [-0.15, -0.1) is 21.5 Å². The van der Waals surface area contributed by atoms with Crippen LogP contribution in [0.25, 0.3) is 11.5 Å². The van der Waals surface area contributed by atoms with E-state index in [4.69, 9.17) is 9.15 Å². The van der Waals surface area contributed by atoms with Crippen molar-refractivity contribution in [2.75, 3.05) is 12.4 Å². The molecule has 3 rings (SSSR count). The van der Waals surface area contributed by atoms with Gasteiger partial charge in [0.15, 0.2) is 11.7 Å². The number of hydrogen-bond acceptors (Lipinski definition) is 9. The Morgan fingerprint density at radius 1 is 1.17 bits per heavy atom. The Morgan fingerprint density at radius 3 is 2.52 bits per heavy atom. The molecule has 2 aromatic heterocycles. The van der Waals surface area contributed by atoms with E-state index in [1.54, 1.807) is 12.3 Å². The zero-order valence-electron chi connectivity index (χ0n) is 16.6. The number of ether oxygens (including phenoxy) is 1. The van der Waals surface area contributed by atoms with Crippen LogP contribution in [-0.4, -0.2) is 39.3 Å². The summed E-state index contributed by atoms with van der Waals surface area (Å²) in [6.07, 6.45) is 0. The number of aryl methyl sites for hydroxylation is 3. The number of aromatic nitrogens is 3. The van der Waals surface area contributed by atoms with Gasteiger partial charge in [-0.2, -0.15) is 0 Å². The molecule has 0 radical (unpaired) electrons. The normalized spacial score (nSPS) is 12.0. The van der Waals surface area contributed by atoms with E-state index in [9.17, 15) is 9.59 Å². The van der Waals surface area contributed by atoms with E-state index in [-0.39, 0.29) is 23.4 Å². The molecule has 0 aliphatic carbocycles. The van der Waals surface area contributed by atoms with Gasteiger partial charge in [0.25, 0.3) is 5.22 Å². The summed E-state index contributed by atoms with van der Waals surface area (Å²) in [4.78, 5) is 29.4. The Hall–Kier alpha value is -2.52. The van der Waals surface area contributed by atoms with Crippen LogP contribution in [0.3, 0.4) is 0 Å². The van der Waals surface area contributed by atoms with Crippen LogP contribution in [0.1, 0.15) is 34.7 Å². The van der Waals surface area contributed by atoms with Gasteiger partial charge in [0, 0.05) is 16.6 Å². The van der Waals surface area contributed by atoms with Crippen LogP contribution in [0, 0.1) is 20.8 Å². The molecule has 0 aliphatic rings. The first kappa shape index (κ1) is 21.2. The van der Waals surface area contributed by atoms with Gasteiger partial charge in [-0.3, -0.25) is 9.59 Å². The van der Waals surface area contributed by atoms with Crippen LogP contribution in [0.15, 0.2) is 33.2 Å². The molecular weight excluding hydrogens is 410 g/mol. The number of Topliss-reactive ketones (excluding diaryl/α,β-unsaturated/α-hetero) is 1. The second kappa shape index (κ2) is 9.32. The molecule has 1 aromatic carbocycles. The van der Waals surface area contributed by atoms with Gasteiger partial charge in [-0.25, -0.2) is 4.98 Å². The van der Waals surface area contributed by atoms with E-state index in [2.05, 4.69) is 21.2 Å². The summed E-state index contributed by atoms with van der Waals surface area (Å²) < 4.78 is 10.8. The summed E-state index contributed by atoms with van der Waals surface area (Å²) in [7, 11) is 0. The number of hydrogen-bond donors (Lipinski definition) is 0. The second-order valence-corrected chi connectivity index (χ2v) is 8.33. The SMILES string of the molecule is CCOC(=O)[C@H](C(=O)CSc1nnc(-c2cc(C)cc(C)c2)o1)c1nc(C)cs1. The van der Waals surface area contributed by atoms with Crippen molar-refractivity contribution in [2.24, 2.45) is 0 Å². The first-order chi connectivity index (χ1) is 13.9. The van der Waals surface area contributed by atoms with Crippen molar-refractivity contribution in [3.05, 3.63) is 45.4 Å². The number of ketones is 1. The summed E-state index contributed by atoms with van der Waals surface area (Å²) in [6.45, 7) is 7.71. The molecule has 7 nitrogen and oxygen atoms in total. The molecular formula is C20H21N3O4S2. The van der Waals surface area contributed by atoms with Crippen molar-refractivity contribution < 1.29 is 18.7 Å². The minimum atomic E-state index is -1.04. The van der Waals surface area contributed by atoms with Crippen molar-refractivity contribution in [3.8, 4) is 11.5 Å². The third kappa shape index (κ3) is 5.30. The van der Waals surface area contributed by atoms with Crippen molar-refractivity contribution >= 4 is 34.9 Å². The third-order valence-corrected chi connectivity index (χ3v) is 5.81. The lowest BCUT2D eigenvalue weighted by molar-refractivity contribution is -0.147. The third-order valence-electron chi connectivity index (χ3n) is 3.94. The highest BCUT2D eigenvalue weighted by molar-refractivity contribution is 7.99. The van der Waals surface area contributed by atoms with Crippen molar-refractivity contribution in [1.29, 1.82) is 0 Å². The predicted octanol–water partition coefficient (Wildman–Crippen LogP) is 4.13. The van der Waals surface area contributed by atoms with Crippen LogP contribution in [0.5, 0.6) is 0 Å². The Labute approximate surface area is 176 Å². The molecule has 0 unspecified atom stereocenters. The first-order valence-electron chi connectivity index (χ1n) is 9.03. The maximum Gasteiger partial charge on any atom is 0.323 e. The van der Waals surface area contributed by atoms with E-state index in [0.717, 1.165) is 34.1 Å². The monoisotopic (exact) mass is 431 g/mol. The zero-order valence-corrected chi connectivity index (χ0v) is 18.2. The summed E-state index contributed by atoms with van der Waals surface area (Å²) >= 11 is 2.37. The van der Waals surface area contributed by atoms with Crippen LogP contribution in [-0.2, 0) is 14.3 Å². The number of benzene rings is 1. The van der Waals surface area contributed by atoms with Gasteiger partial charge in [-0.05, 0) is 39.8 Å². The zero-order chi connectivity index (χ0) is 21.0. The molecule has 9 heteroatoms. The maximum atomic E-state index is 12.8. The lowest BCUT2D eigenvalue weighted by Gasteiger charge is -2.11. The highest BCUT2D eigenvalue weighted by Crippen LogP contribution is 2.28. The standard InChI is InChI=1S/C20H21N3O4S2/c1-5-26-19(25)16(18-21-13(4)9-28-18)15(24)10-29-20-23-22-17(27-20)14-7-11(2)6-12(3)8-14/h6-9,16H,5,10H2,1-4H3/t16-/m1/s1. The topological polar surface area (TPSA) is 95.2 Å². The fraction of sp³-hybridized carbons (Fsp3) is 0.350. The smallest absolute Gasteiger partial charge is 0.323 e. The molecule has 0 aliphatic heterocycles. The number of carbonyl (C=O) groups excluding carboxylic acids is 2. The molecule has 0 spiro atoms. The first-order valence-corrected chi connectivity index (χ1v) is 10.9. The number of carbonyl (C=O) groups is 2. The number of nitrogens with zero attached hydrogens (tertiary/aromatic N) is 3. The Balaban J connectivity index is 1.71. The largest absolute Gasteiger partial charge is 0.465 e. The Kier molecular flexibility index (Phi) is 6.81. The highest BCUT2D eigenvalue weighted by Gasteiger charge is 2.32. The Morgan fingerprint density at radius 2 is 1.90 bits per heavy atom. The fourth-order valence-electron chi connectivity index (χ4n) is 2.80. The van der Waals surface area contributed by atoms with E-state index < -0.39 is 11.9 Å². The molecule has 1 atom stereocenters. The van der Waals surface area contributed by atoms with Gasteiger partial charge in [-0.1, -0.05) is 29.0 Å². The van der Waals surface area contributed by atoms with Gasteiger partial charge in [0.05, 0.1) is 12.4 Å². The van der Waals surface area contributed by atoms with Crippen LogP contribution >= 0.6 is 23.1 Å². The lowest BCUT2D eigenvalue weighted by atomic mass is 10.1. The fourth-order valence-corrected chi connectivity index (χ4v) is 4.37. The highest BCUT2D eigenvalue weighted by atomic mass is 32.2. The quantitative estimate of drug-likeness (QED) is 0.298. The summed E-state index contributed by atoms with van der Waals surface area (Å²) in [5.74, 6) is -1.55. The molecule has 0 saturated carbocycles. The van der Waals surface area contributed by atoms with Gasteiger partial charge < -0.3 is 9.15 Å². The molecule has 152 valence electrons. The molecule has 29 heavy (non-hydrogen) atoms. The number of rotatable bonds is 8. The van der Waals surface area contributed by atoms with E-state index in [0.29, 0.717) is 10.9 Å². The van der Waals surface area contributed by atoms with Crippen LogP contribution < -0.4 is 0 Å². The van der Waals surface area contributed by atoms with Gasteiger partial charge >= 0.3 is 5.97 Å². The molecule has 0 bridgehead atoms. The van der Waals surface area contributed by atoms with E-state index in [1.165, 1.54) is 11.3 Å². The second-order valence-electron chi connectivity index (χ2n) is 6.52. The Bertz CT molecular complexity index is 1010. The summed E-state index contributed by atoms with van der Waals surface area (Å²) in [5.41, 5.74) is 3.78. The summed E-state index contributed by atoms with van der Waals surface area (Å²) in [6, 6.07) is 5.98. The molecule has 2 heterocycles. The molecule has 0 N–H and O–H groups in total.